The van der Waals surface area contributed by atoms with E-state index in [1.54, 1.807) is 12.1 Å². The van der Waals surface area contributed by atoms with Crippen LogP contribution in [0.2, 0.25) is 0 Å². The van der Waals surface area contributed by atoms with E-state index in [-0.39, 0.29) is 10.6 Å². The van der Waals surface area contributed by atoms with E-state index in [1.807, 2.05) is 14.1 Å². The summed E-state index contributed by atoms with van der Waals surface area (Å²) in [4.78, 5) is 12.7. The summed E-state index contributed by atoms with van der Waals surface area (Å²) in [7, 11) is 3.87. The third kappa shape index (κ3) is 4.87. The maximum absolute atomic E-state index is 10.8. The Labute approximate surface area is 114 Å². The summed E-state index contributed by atoms with van der Waals surface area (Å²) < 4.78 is 0. The molecule has 0 saturated heterocycles. The molecule has 0 aromatic heterocycles. The average molecular weight is 265 g/mol. The summed E-state index contributed by atoms with van der Waals surface area (Å²) in [5.41, 5.74) is 2.05. The van der Waals surface area contributed by atoms with Gasteiger partial charge in [0.25, 0.3) is 5.69 Å². The van der Waals surface area contributed by atoms with Crippen molar-refractivity contribution in [2.24, 2.45) is 5.92 Å². The summed E-state index contributed by atoms with van der Waals surface area (Å²) in [5.74, 6) is 0.663. The van der Waals surface area contributed by atoms with Crippen molar-refractivity contribution < 1.29 is 4.92 Å². The lowest BCUT2D eigenvalue weighted by atomic mass is 10.1. The summed E-state index contributed by atoms with van der Waals surface area (Å²) >= 11 is 0. The highest BCUT2D eigenvalue weighted by molar-refractivity contribution is 5.55. The Bertz CT molecular complexity index is 433. The molecule has 0 unspecified atom stereocenters. The third-order valence-corrected chi connectivity index (χ3v) is 3.10. The molecular weight excluding hydrogens is 242 g/mol. The first-order valence-corrected chi connectivity index (χ1v) is 6.57. The Morgan fingerprint density at radius 1 is 1.42 bits per heavy atom. The summed E-state index contributed by atoms with van der Waals surface area (Å²) in [6.45, 7) is 6.09. The molecule has 5 nitrogen and oxygen atoms in total. The van der Waals surface area contributed by atoms with Gasteiger partial charge >= 0.3 is 0 Å². The molecule has 0 aliphatic carbocycles. The normalized spacial score (nSPS) is 11.1. The molecular formula is C14H23N3O2. The van der Waals surface area contributed by atoms with E-state index < -0.39 is 0 Å². The van der Waals surface area contributed by atoms with E-state index in [2.05, 4.69) is 24.1 Å². The van der Waals surface area contributed by atoms with Crippen LogP contribution in [0.4, 0.5) is 11.4 Å². The molecule has 5 heteroatoms. The Morgan fingerprint density at radius 3 is 2.63 bits per heavy atom. The van der Waals surface area contributed by atoms with Gasteiger partial charge in [-0.3, -0.25) is 10.1 Å². The van der Waals surface area contributed by atoms with Crippen molar-refractivity contribution >= 4 is 11.4 Å². The summed E-state index contributed by atoms with van der Waals surface area (Å²) in [5, 5.41) is 13.9. The molecule has 0 bridgehead atoms. The Balaban J connectivity index is 2.79. The summed E-state index contributed by atoms with van der Waals surface area (Å²) in [6.07, 6.45) is 1.13. The third-order valence-electron chi connectivity index (χ3n) is 3.10. The lowest BCUT2D eigenvalue weighted by Crippen LogP contribution is -2.21. The smallest absolute Gasteiger partial charge is 0.269 e. The number of nitrogens with one attached hydrogen (secondary N) is 1. The molecule has 0 spiro atoms. The topological polar surface area (TPSA) is 58.4 Å². The number of benzene rings is 1. The number of anilines is 1. The van der Waals surface area contributed by atoms with Gasteiger partial charge < -0.3 is 10.2 Å². The zero-order valence-electron chi connectivity index (χ0n) is 12.1. The molecule has 0 heterocycles. The maximum atomic E-state index is 10.8. The van der Waals surface area contributed by atoms with Crippen LogP contribution in [-0.4, -0.2) is 30.5 Å². The number of nitro benzene ring substituents is 1. The zero-order valence-corrected chi connectivity index (χ0v) is 12.1. The van der Waals surface area contributed by atoms with Gasteiger partial charge in [-0.25, -0.2) is 0 Å². The minimum absolute atomic E-state index is 0.145. The van der Waals surface area contributed by atoms with Crippen LogP contribution in [0.5, 0.6) is 0 Å². The second-order valence-electron chi connectivity index (χ2n) is 5.27. The van der Waals surface area contributed by atoms with Crippen LogP contribution in [0.1, 0.15) is 25.8 Å². The number of nitro groups is 1. The summed E-state index contributed by atoms with van der Waals surface area (Å²) in [6, 6.07) is 4.95. The monoisotopic (exact) mass is 265 g/mol. The minimum atomic E-state index is -0.350. The van der Waals surface area contributed by atoms with E-state index in [1.165, 1.54) is 6.07 Å². The van der Waals surface area contributed by atoms with Gasteiger partial charge in [0.05, 0.1) is 4.92 Å². The van der Waals surface area contributed by atoms with Crippen molar-refractivity contribution in [2.45, 2.75) is 26.8 Å². The molecule has 0 aliphatic heterocycles. The van der Waals surface area contributed by atoms with Gasteiger partial charge in [0.1, 0.15) is 0 Å². The molecule has 1 N–H and O–H groups in total. The highest BCUT2D eigenvalue weighted by Crippen LogP contribution is 2.23. The van der Waals surface area contributed by atoms with Crippen molar-refractivity contribution in [1.29, 1.82) is 0 Å². The van der Waals surface area contributed by atoms with Crippen LogP contribution in [0.25, 0.3) is 0 Å². The number of rotatable bonds is 7. The van der Waals surface area contributed by atoms with Crippen molar-refractivity contribution in [1.82, 2.24) is 4.90 Å². The number of non-ortho nitro benzene ring substituents is 1. The van der Waals surface area contributed by atoms with Crippen molar-refractivity contribution in [2.75, 3.05) is 26.0 Å². The molecule has 1 aromatic carbocycles. The maximum Gasteiger partial charge on any atom is 0.269 e. The lowest BCUT2D eigenvalue weighted by molar-refractivity contribution is -0.384. The minimum Gasteiger partial charge on any atom is -0.388 e. The standard InChI is InChI=1S/C14H23N3O2/c1-11(2)7-8-16(4)10-12-9-13(17(18)19)5-6-14(12)15-3/h5-6,9,11,15H,7-8,10H2,1-4H3. The average Bonchev–Trinajstić information content (AvgIpc) is 2.36. The fourth-order valence-corrected chi connectivity index (χ4v) is 1.92. The molecule has 0 saturated carbocycles. The van der Waals surface area contributed by atoms with Gasteiger partial charge in [-0.2, -0.15) is 0 Å². The van der Waals surface area contributed by atoms with Gasteiger partial charge in [-0.05, 0) is 37.6 Å². The molecule has 0 radical (unpaired) electrons. The molecule has 0 fully saturated rings. The first-order chi connectivity index (χ1) is 8.93. The number of hydrogen-bond donors (Lipinski definition) is 1. The largest absolute Gasteiger partial charge is 0.388 e. The number of nitrogens with zero attached hydrogens (tertiary/aromatic N) is 2. The first-order valence-electron chi connectivity index (χ1n) is 6.57. The Kier molecular flexibility index (Phi) is 5.76. The fraction of sp³-hybridized carbons (Fsp3) is 0.571. The van der Waals surface area contributed by atoms with E-state index in [9.17, 15) is 10.1 Å². The molecule has 106 valence electrons. The van der Waals surface area contributed by atoms with Crippen molar-refractivity contribution in [3.63, 3.8) is 0 Å². The van der Waals surface area contributed by atoms with Crippen molar-refractivity contribution in [3.8, 4) is 0 Å². The van der Waals surface area contributed by atoms with Gasteiger partial charge in [0.15, 0.2) is 0 Å². The van der Waals surface area contributed by atoms with E-state index in [0.29, 0.717) is 12.5 Å². The van der Waals surface area contributed by atoms with Gasteiger partial charge in [-0.1, -0.05) is 13.8 Å². The van der Waals surface area contributed by atoms with Crippen LogP contribution >= 0.6 is 0 Å². The van der Waals surface area contributed by atoms with E-state index in [4.69, 9.17) is 0 Å². The quantitative estimate of drug-likeness (QED) is 0.608. The SMILES string of the molecule is CNc1ccc([N+](=O)[O-])cc1CN(C)CCC(C)C. The molecule has 1 rings (SSSR count). The van der Waals surface area contributed by atoms with Gasteiger partial charge in [0.2, 0.25) is 0 Å². The molecule has 0 amide bonds. The van der Waals surface area contributed by atoms with E-state index in [0.717, 1.165) is 24.2 Å². The molecule has 0 atom stereocenters. The zero-order chi connectivity index (χ0) is 14.4. The highest BCUT2D eigenvalue weighted by atomic mass is 16.6. The lowest BCUT2D eigenvalue weighted by Gasteiger charge is -2.19. The van der Waals surface area contributed by atoms with Crippen LogP contribution in [-0.2, 0) is 6.54 Å². The van der Waals surface area contributed by atoms with Gasteiger partial charge in [-0.15, -0.1) is 0 Å². The Hall–Kier alpha value is -1.62. The van der Waals surface area contributed by atoms with Crippen LogP contribution in [0.3, 0.4) is 0 Å². The highest BCUT2D eigenvalue weighted by Gasteiger charge is 2.12. The number of hydrogen-bond acceptors (Lipinski definition) is 4. The molecule has 19 heavy (non-hydrogen) atoms. The fourth-order valence-electron chi connectivity index (χ4n) is 1.92. The van der Waals surface area contributed by atoms with E-state index >= 15 is 0 Å². The van der Waals surface area contributed by atoms with Crippen LogP contribution in [0.15, 0.2) is 18.2 Å². The van der Waals surface area contributed by atoms with Gasteiger partial charge in [0, 0.05) is 31.4 Å². The molecule has 0 aliphatic rings. The van der Waals surface area contributed by atoms with Crippen molar-refractivity contribution in [3.05, 3.63) is 33.9 Å². The molecule has 1 aromatic rings. The predicted octanol–water partition coefficient (Wildman–Crippen LogP) is 3.11. The predicted molar refractivity (Wildman–Crippen MR) is 78.4 cm³/mol. The van der Waals surface area contributed by atoms with Crippen LogP contribution < -0.4 is 5.32 Å². The second-order valence-corrected chi connectivity index (χ2v) is 5.27. The second kappa shape index (κ2) is 7.09. The van der Waals surface area contributed by atoms with Crippen LogP contribution in [0, 0.1) is 16.0 Å². The Morgan fingerprint density at radius 2 is 2.11 bits per heavy atom. The first kappa shape index (κ1) is 15.4.